The van der Waals surface area contributed by atoms with Crippen LogP contribution in [0.3, 0.4) is 0 Å². The second-order valence-electron chi connectivity index (χ2n) is 6.61. The molecule has 0 fully saturated rings. The van der Waals surface area contributed by atoms with Crippen LogP contribution in [0.5, 0.6) is 11.5 Å². The summed E-state index contributed by atoms with van der Waals surface area (Å²) in [4.78, 5) is 25.5. The maximum Gasteiger partial charge on any atom is 0.287 e. The van der Waals surface area contributed by atoms with E-state index in [-0.39, 0.29) is 5.70 Å². The molecule has 2 aromatic carbocycles. The number of hydrogen-bond acceptors (Lipinski definition) is 6. The smallest absolute Gasteiger partial charge is 0.287 e. The van der Waals surface area contributed by atoms with Crippen molar-refractivity contribution in [1.29, 1.82) is 0 Å². The largest absolute Gasteiger partial charge is 0.493 e. The number of benzene rings is 2. The Kier molecular flexibility index (Phi) is 7.42. The van der Waals surface area contributed by atoms with Crippen molar-refractivity contribution < 1.29 is 23.5 Å². The zero-order valence-corrected chi connectivity index (χ0v) is 17.9. The number of furan rings is 1. The number of carbonyl (C=O) groups excluding carboxylic acids is 2. The standard InChI is InChI=1S/C24H23N3O5/c1-16(20-10-7-13-32-20)26-27-24(29)19(25-23(28)18-8-5-4-6-9-18)14-17-11-12-21(30-2)22(15-17)31-3/h4-15H,1-3H3,(H,25,28)(H,27,29)/b19-14+,26-16+. The van der Waals surface area contributed by atoms with Gasteiger partial charge in [0.05, 0.1) is 20.5 Å². The predicted molar refractivity (Wildman–Crippen MR) is 120 cm³/mol. The van der Waals surface area contributed by atoms with Gasteiger partial charge in [0, 0.05) is 5.56 Å². The lowest BCUT2D eigenvalue weighted by atomic mass is 10.1. The number of hydrazone groups is 1. The number of amides is 2. The minimum absolute atomic E-state index is 0.00191. The molecule has 8 nitrogen and oxygen atoms in total. The average Bonchev–Trinajstić information content (AvgIpc) is 3.37. The third kappa shape index (κ3) is 5.63. The van der Waals surface area contributed by atoms with Gasteiger partial charge in [-0.15, -0.1) is 0 Å². The molecule has 2 N–H and O–H groups in total. The summed E-state index contributed by atoms with van der Waals surface area (Å²) in [5, 5.41) is 6.71. The van der Waals surface area contributed by atoms with E-state index in [2.05, 4.69) is 15.8 Å². The molecule has 1 aromatic heterocycles. The van der Waals surface area contributed by atoms with Crippen molar-refractivity contribution in [2.75, 3.05) is 14.2 Å². The minimum atomic E-state index is -0.602. The van der Waals surface area contributed by atoms with Crippen molar-refractivity contribution in [3.63, 3.8) is 0 Å². The predicted octanol–water partition coefficient (Wildman–Crippen LogP) is 3.61. The van der Waals surface area contributed by atoms with E-state index in [0.29, 0.717) is 34.1 Å². The second-order valence-corrected chi connectivity index (χ2v) is 6.61. The third-order valence-corrected chi connectivity index (χ3v) is 4.45. The number of hydrogen-bond donors (Lipinski definition) is 2. The molecule has 2 amide bonds. The number of nitrogens with zero attached hydrogens (tertiary/aromatic N) is 1. The molecule has 0 atom stereocenters. The van der Waals surface area contributed by atoms with E-state index in [0.717, 1.165) is 0 Å². The summed E-state index contributed by atoms with van der Waals surface area (Å²) in [6, 6.07) is 17.2. The quantitative estimate of drug-likeness (QED) is 0.321. The summed E-state index contributed by atoms with van der Waals surface area (Å²) in [7, 11) is 3.05. The molecule has 0 radical (unpaired) electrons. The van der Waals surface area contributed by atoms with E-state index in [9.17, 15) is 9.59 Å². The summed E-state index contributed by atoms with van der Waals surface area (Å²) in [5.74, 6) is 0.517. The molecule has 0 aliphatic carbocycles. The molecule has 32 heavy (non-hydrogen) atoms. The molecule has 3 aromatic rings. The molecule has 0 bridgehead atoms. The zero-order chi connectivity index (χ0) is 22.9. The third-order valence-electron chi connectivity index (χ3n) is 4.45. The van der Waals surface area contributed by atoms with Crippen LogP contribution in [0.15, 0.2) is 82.1 Å². The van der Waals surface area contributed by atoms with Gasteiger partial charge in [0.25, 0.3) is 11.8 Å². The van der Waals surface area contributed by atoms with Crippen LogP contribution in [0.1, 0.15) is 28.6 Å². The average molecular weight is 433 g/mol. The van der Waals surface area contributed by atoms with Crippen molar-refractivity contribution >= 4 is 23.6 Å². The molecule has 0 aliphatic rings. The Labute approximate surface area is 185 Å². The number of nitrogens with one attached hydrogen (secondary N) is 2. The maximum atomic E-state index is 12.9. The number of ether oxygens (including phenoxy) is 2. The first-order valence-corrected chi connectivity index (χ1v) is 9.70. The van der Waals surface area contributed by atoms with E-state index in [1.54, 1.807) is 67.6 Å². The molecule has 0 saturated heterocycles. The molecule has 8 heteroatoms. The normalized spacial score (nSPS) is 11.6. The molecule has 0 aliphatic heterocycles. The summed E-state index contributed by atoms with van der Waals surface area (Å²) in [6.45, 7) is 1.69. The van der Waals surface area contributed by atoms with Crippen LogP contribution in [-0.2, 0) is 4.79 Å². The SMILES string of the molecule is COc1ccc(/C=C(/NC(=O)c2ccccc2)C(=O)N/N=C(\C)c2ccco2)cc1OC. The Bertz CT molecular complexity index is 1140. The van der Waals surface area contributed by atoms with Gasteiger partial charge in [-0.05, 0) is 55.0 Å². The summed E-state index contributed by atoms with van der Waals surface area (Å²) >= 11 is 0. The van der Waals surface area contributed by atoms with E-state index >= 15 is 0 Å². The molecule has 0 spiro atoms. The molecule has 3 rings (SSSR count). The zero-order valence-electron chi connectivity index (χ0n) is 17.9. The number of methoxy groups -OCH3 is 2. The van der Waals surface area contributed by atoms with E-state index in [1.165, 1.54) is 26.6 Å². The van der Waals surface area contributed by atoms with Crippen molar-refractivity contribution in [3.8, 4) is 11.5 Å². The number of carbonyl (C=O) groups is 2. The Hall–Kier alpha value is -4.33. The molecule has 0 unspecified atom stereocenters. The highest BCUT2D eigenvalue weighted by Gasteiger charge is 2.15. The van der Waals surface area contributed by atoms with Gasteiger partial charge in [-0.2, -0.15) is 5.10 Å². The van der Waals surface area contributed by atoms with Crippen LogP contribution in [0.4, 0.5) is 0 Å². The van der Waals surface area contributed by atoms with E-state index in [4.69, 9.17) is 13.9 Å². The van der Waals surface area contributed by atoms with Crippen LogP contribution in [-0.4, -0.2) is 31.7 Å². The summed E-state index contributed by atoms with van der Waals surface area (Å²) in [5.41, 5.74) is 3.96. The first-order valence-electron chi connectivity index (χ1n) is 9.70. The summed E-state index contributed by atoms with van der Waals surface area (Å²) in [6.07, 6.45) is 3.04. The minimum Gasteiger partial charge on any atom is -0.493 e. The molecular weight excluding hydrogens is 410 g/mol. The Morgan fingerprint density at radius 2 is 1.72 bits per heavy atom. The van der Waals surface area contributed by atoms with Gasteiger partial charge in [0.15, 0.2) is 11.5 Å². The monoisotopic (exact) mass is 433 g/mol. The highest BCUT2D eigenvalue weighted by Crippen LogP contribution is 2.28. The molecular formula is C24H23N3O5. The topological polar surface area (TPSA) is 102 Å². The van der Waals surface area contributed by atoms with Gasteiger partial charge >= 0.3 is 0 Å². The highest BCUT2D eigenvalue weighted by atomic mass is 16.5. The Morgan fingerprint density at radius 1 is 0.969 bits per heavy atom. The first-order chi connectivity index (χ1) is 15.5. The van der Waals surface area contributed by atoms with E-state index in [1.807, 2.05) is 0 Å². The molecule has 1 heterocycles. The number of rotatable bonds is 8. The highest BCUT2D eigenvalue weighted by molar-refractivity contribution is 6.06. The molecule has 164 valence electrons. The maximum absolute atomic E-state index is 12.9. The lowest BCUT2D eigenvalue weighted by Crippen LogP contribution is -2.33. The second kappa shape index (κ2) is 10.6. The van der Waals surface area contributed by atoms with Gasteiger partial charge in [0.1, 0.15) is 17.2 Å². The van der Waals surface area contributed by atoms with Crippen molar-refractivity contribution in [1.82, 2.24) is 10.7 Å². The Morgan fingerprint density at radius 3 is 2.38 bits per heavy atom. The van der Waals surface area contributed by atoms with E-state index < -0.39 is 11.8 Å². The van der Waals surface area contributed by atoms with Crippen LogP contribution in [0.2, 0.25) is 0 Å². The van der Waals surface area contributed by atoms with Gasteiger partial charge in [-0.3, -0.25) is 9.59 Å². The van der Waals surface area contributed by atoms with Crippen LogP contribution >= 0.6 is 0 Å². The van der Waals surface area contributed by atoms with Crippen molar-refractivity contribution in [2.24, 2.45) is 5.10 Å². The van der Waals surface area contributed by atoms with Gasteiger partial charge < -0.3 is 19.2 Å². The fraction of sp³-hybridized carbons (Fsp3) is 0.125. The van der Waals surface area contributed by atoms with Crippen molar-refractivity contribution in [2.45, 2.75) is 6.92 Å². The van der Waals surface area contributed by atoms with Gasteiger partial charge in [-0.25, -0.2) is 5.43 Å². The fourth-order valence-electron chi connectivity index (χ4n) is 2.79. The Balaban J connectivity index is 1.90. The summed E-state index contributed by atoms with van der Waals surface area (Å²) < 4.78 is 15.8. The first kappa shape index (κ1) is 22.4. The van der Waals surface area contributed by atoms with Crippen LogP contribution in [0, 0.1) is 0 Å². The van der Waals surface area contributed by atoms with Crippen LogP contribution in [0.25, 0.3) is 6.08 Å². The molecule has 0 saturated carbocycles. The van der Waals surface area contributed by atoms with Crippen molar-refractivity contribution in [3.05, 3.63) is 89.5 Å². The van der Waals surface area contributed by atoms with Gasteiger partial charge in [0.2, 0.25) is 0 Å². The van der Waals surface area contributed by atoms with Gasteiger partial charge in [-0.1, -0.05) is 24.3 Å². The van der Waals surface area contributed by atoms with Crippen LogP contribution < -0.4 is 20.2 Å². The lowest BCUT2D eigenvalue weighted by Gasteiger charge is -2.11. The fourth-order valence-corrected chi connectivity index (χ4v) is 2.79. The lowest BCUT2D eigenvalue weighted by molar-refractivity contribution is -0.117.